The topological polar surface area (TPSA) is 87.7 Å². The van der Waals surface area contributed by atoms with Gasteiger partial charge < -0.3 is 10.5 Å². The van der Waals surface area contributed by atoms with E-state index in [1.165, 1.54) is 6.07 Å². The Balaban J connectivity index is 1.77. The van der Waals surface area contributed by atoms with Crippen molar-refractivity contribution in [2.45, 2.75) is 12.1 Å². The monoisotopic (exact) mass is 432 g/mol. The van der Waals surface area contributed by atoms with Crippen LogP contribution in [0.1, 0.15) is 22.6 Å². The van der Waals surface area contributed by atoms with Crippen molar-refractivity contribution in [2.75, 3.05) is 0 Å². The van der Waals surface area contributed by atoms with Crippen LogP contribution in [-0.4, -0.2) is 10.2 Å². The number of nitrogens with one attached hydrogen (secondary N) is 1. The molecule has 1 aromatic heterocycles. The summed E-state index contributed by atoms with van der Waals surface area (Å²) in [6.45, 7) is 0. The first-order chi connectivity index (χ1) is 15.4. The molecule has 0 radical (unpaired) electrons. The Labute approximate surface area is 180 Å². The van der Waals surface area contributed by atoms with Gasteiger partial charge in [0, 0.05) is 5.56 Å². The number of benzene rings is 3. The second-order valence-corrected chi connectivity index (χ2v) is 7.39. The van der Waals surface area contributed by atoms with Gasteiger partial charge in [-0.1, -0.05) is 60.7 Å². The molecule has 0 amide bonds. The fraction of sp³-hybridized carbons (Fsp3) is 0.0833. The number of allylic oxidation sites excluding steroid dienone is 1. The maximum atomic E-state index is 13.4. The molecule has 2 heterocycles. The zero-order valence-corrected chi connectivity index (χ0v) is 16.4. The van der Waals surface area contributed by atoms with Gasteiger partial charge in [0.1, 0.15) is 11.6 Å². The summed E-state index contributed by atoms with van der Waals surface area (Å²) < 4.78 is 45.8. The van der Waals surface area contributed by atoms with Crippen LogP contribution in [0, 0.1) is 11.3 Å². The number of nitrogens with two attached hydrogens (primary N) is 1. The third-order valence-corrected chi connectivity index (χ3v) is 5.55. The van der Waals surface area contributed by atoms with E-state index in [1.54, 1.807) is 6.07 Å². The lowest BCUT2D eigenvalue weighted by Crippen LogP contribution is -2.21. The lowest BCUT2D eigenvalue weighted by Gasteiger charge is -2.25. The first-order valence-electron chi connectivity index (χ1n) is 9.69. The average Bonchev–Trinajstić information content (AvgIpc) is 3.20. The molecular weight excluding hydrogens is 417 g/mol. The van der Waals surface area contributed by atoms with Crippen molar-refractivity contribution < 1.29 is 17.9 Å². The number of rotatable bonds is 2. The number of aromatic amines is 1. The number of nitriles is 1. The van der Waals surface area contributed by atoms with Crippen molar-refractivity contribution in [3.8, 4) is 23.2 Å². The number of ether oxygens (including phenoxy) is 1. The lowest BCUT2D eigenvalue weighted by molar-refractivity contribution is -0.137. The summed E-state index contributed by atoms with van der Waals surface area (Å²) in [5.41, 5.74) is 7.25. The fourth-order valence-electron chi connectivity index (χ4n) is 4.12. The molecule has 32 heavy (non-hydrogen) atoms. The Hall–Kier alpha value is -4.25. The van der Waals surface area contributed by atoms with Crippen LogP contribution < -0.4 is 10.5 Å². The van der Waals surface area contributed by atoms with Gasteiger partial charge in [-0.05, 0) is 22.4 Å². The van der Waals surface area contributed by atoms with E-state index in [2.05, 4.69) is 10.2 Å². The van der Waals surface area contributed by atoms with E-state index in [0.717, 1.165) is 28.5 Å². The molecule has 0 bridgehead atoms. The molecule has 1 atom stereocenters. The largest absolute Gasteiger partial charge is 0.420 e. The molecule has 0 unspecified atom stereocenters. The first kappa shape index (κ1) is 19.7. The van der Waals surface area contributed by atoms with Gasteiger partial charge in [0.25, 0.3) is 0 Å². The van der Waals surface area contributed by atoms with Crippen LogP contribution in [-0.2, 0) is 6.18 Å². The Bertz CT molecular complexity index is 1420. The molecule has 3 N–H and O–H groups in total. The number of hydrogen-bond donors (Lipinski definition) is 2. The first-order valence-corrected chi connectivity index (χ1v) is 9.69. The Kier molecular flexibility index (Phi) is 4.41. The lowest BCUT2D eigenvalue weighted by atomic mass is 9.82. The molecule has 0 aliphatic carbocycles. The molecule has 0 saturated heterocycles. The number of halogens is 3. The SMILES string of the molecule is N#CC1=C(N)Oc2n[nH]c(-c3cccc4ccccc34)c2[C@@H]1c1cccc(C(F)(F)F)c1. The zero-order valence-electron chi connectivity index (χ0n) is 16.4. The van der Waals surface area contributed by atoms with Crippen LogP contribution >= 0.6 is 0 Å². The van der Waals surface area contributed by atoms with Gasteiger partial charge in [-0.15, -0.1) is 5.10 Å². The predicted molar refractivity (Wildman–Crippen MR) is 112 cm³/mol. The number of hydrogen-bond acceptors (Lipinski definition) is 4. The molecule has 158 valence electrons. The number of aromatic nitrogens is 2. The van der Waals surface area contributed by atoms with Crippen LogP contribution in [0.4, 0.5) is 13.2 Å². The van der Waals surface area contributed by atoms with Crippen molar-refractivity contribution in [3.63, 3.8) is 0 Å². The maximum absolute atomic E-state index is 13.4. The highest BCUT2D eigenvalue weighted by atomic mass is 19.4. The number of alkyl halides is 3. The minimum absolute atomic E-state index is 0.0275. The van der Waals surface area contributed by atoms with E-state index in [0.29, 0.717) is 11.3 Å². The van der Waals surface area contributed by atoms with Gasteiger partial charge in [0.15, 0.2) is 0 Å². The van der Waals surface area contributed by atoms with Crippen molar-refractivity contribution in [1.82, 2.24) is 10.2 Å². The van der Waals surface area contributed by atoms with E-state index in [-0.39, 0.29) is 22.9 Å². The van der Waals surface area contributed by atoms with Crippen molar-refractivity contribution in [2.24, 2.45) is 5.73 Å². The van der Waals surface area contributed by atoms with Crippen molar-refractivity contribution in [3.05, 3.63) is 94.9 Å². The third kappa shape index (κ3) is 3.06. The second kappa shape index (κ2) is 7.17. The summed E-state index contributed by atoms with van der Waals surface area (Å²) in [5.74, 6) is -0.927. The molecular formula is C24H15F3N4O. The number of fused-ring (bicyclic) bond motifs is 2. The molecule has 0 spiro atoms. The Morgan fingerprint density at radius 2 is 1.78 bits per heavy atom. The normalized spacial score (nSPS) is 15.9. The molecule has 4 aromatic rings. The van der Waals surface area contributed by atoms with Crippen LogP contribution in [0.5, 0.6) is 5.88 Å². The van der Waals surface area contributed by atoms with Gasteiger partial charge >= 0.3 is 6.18 Å². The van der Waals surface area contributed by atoms with E-state index in [1.807, 2.05) is 48.5 Å². The zero-order chi connectivity index (χ0) is 22.5. The minimum Gasteiger partial charge on any atom is -0.420 e. The summed E-state index contributed by atoms with van der Waals surface area (Å²) in [7, 11) is 0. The summed E-state index contributed by atoms with van der Waals surface area (Å²) in [4.78, 5) is 0. The summed E-state index contributed by atoms with van der Waals surface area (Å²) >= 11 is 0. The van der Waals surface area contributed by atoms with E-state index in [9.17, 15) is 18.4 Å². The highest BCUT2D eigenvalue weighted by Crippen LogP contribution is 2.47. The van der Waals surface area contributed by atoms with Crippen LogP contribution in [0.15, 0.2) is 78.2 Å². The Morgan fingerprint density at radius 1 is 1.03 bits per heavy atom. The van der Waals surface area contributed by atoms with Gasteiger partial charge in [0.2, 0.25) is 11.8 Å². The standard InChI is InChI=1S/C24H15F3N4O/c25-24(26,27)15-8-3-7-14(11-15)19-18(12-28)22(29)32-23-20(19)21(30-31-23)17-10-4-6-13-5-1-2-9-16(13)17/h1-11,19H,29H2,(H,30,31)/t19-/m1/s1. The van der Waals surface area contributed by atoms with E-state index < -0.39 is 17.7 Å². The molecule has 3 aromatic carbocycles. The predicted octanol–water partition coefficient (Wildman–Crippen LogP) is 5.47. The Morgan fingerprint density at radius 3 is 2.56 bits per heavy atom. The fourth-order valence-corrected chi connectivity index (χ4v) is 4.12. The maximum Gasteiger partial charge on any atom is 0.416 e. The minimum atomic E-state index is -4.53. The van der Waals surface area contributed by atoms with Gasteiger partial charge in [-0.25, -0.2) is 0 Å². The van der Waals surface area contributed by atoms with E-state index >= 15 is 0 Å². The molecule has 8 heteroatoms. The van der Waals surface area contributed by atoms with Gasteiger partial charge in [-0.2, -0.15) is 18.4 Å². The summed E-state index contributed by atoms with van der Waals surface area (Å²) in [5, 5.41) is 18.9. The second-order valence-electron chi connectivity index (χ2n) is 7.39. The molecule has 5 nitrogen and oxygen atoms in total. The number of H-pyrrole nitrogens is 1. The van der Waals surface area contributed by atoms with Crippen LogP contribution in [0.2, 0.25) is 0 Å². The average molecular weight is 432 g/mol. The summed E-state index contributed by atoms with van der Waals surface area (Å²) in [6.07, 6.45) is -4.53. The smallest absolute Gasteiger partial charge is 0.416 e. The van der Waals surface area contributed by atoms with Crippen LogP contribution in [0.3, 0.4) is 0 Å². The molecule has 1 aliphatic rings. The third-order valence-electron chi connectivity index (χ3n) is 5.55. The van der Waals surface area contributed by atoms with Crippen molar-refractivity contribution >= 4 is 10.8 Å². The van der Waals surface area contributed by atoms with Crippen molar-refractivity contribution in [1.29, 1.82) is 5.26 Å². The van der Waals surface area contributed by atoms with Crippen LogP contribution in [0.25, 0.3) is 22.0 Å². The highest BCUT2D eigenvalue weighted by molar-refractivity contribution is 5.97. The molecule has 0 fully saturated rings. The molecule has 1 aliphatic heterocycles. The number of nitrogens with zero attached hydrogens (tertiary/aromatic N) is 2. The highest BCUT2D eigenvalue weighted by Gasteiger charge is 2.37. The van der Waals surface area contributed by atoms with Gasteiger partial charge in [0.05, 0.1) is 22.7 Å². The molecule has 0 saturated carbocycles. The summed E-state index contributed by atoms with van der Waals surface area (Å²) in [6, 6.07) is 20.3. The van der Waals surface area contributed by atoms with E-state index in [4.69, 9.17) is 10.5 Å². The molecule has 5 rings (SSSR count). The quantitative estimate of drug-likeness (QED) is 0.440. The van der Waals surface area contributed by atoms with Gasteiger partial charge in [-0.3, -0.25) is 5.10 Å².